The van der Waals surface area contributed by atoms with Crippen molar-refractivity contribution in [2.45, 2.75) is 39.3 Å². The number of methoxy groups -OCH3 is 1. The quantitative estimate of drug-likeness (QED) is 0.373. The van der Waals surface area contributed by atoms with Crippen molar-refractivity contribution in [2.24, 2.45) is 0 Å². The van der Waals surface area contributed by atoms with Crippen LogP contribution in [0, 0.1) is 0 Å². The molecule has 3 rings (SSSR count). The Balaban J connectivity index is 0.000000366. The highest BCUT2D eigenvalue weighted by Gasteiger charge is 2.21. The van der Waals surface area contributed by atoms with Crippen molar-refractivity contribution in [2.75, 3.05) is 40.1 Å². The van der Waals surface area contributed by atoms with E-state index in [2.05, 4.69) is 4.74 Å². The minimum absolute atomic E-state index is 0.00257. The first-order chi connectivity index (χ1) is 19.2. The van der Waals surface area contributed by atoms with Crippen molar-refractivity contribution >= 4 is 24.1 Å². The van der Waals surface area contributed by atoms with Gasteiger partial charge >= 0.3 is 12.3 Å². The third-order valence-electron chi connectivity index (χ3n) is 4.56. The van der Waals surface area contributed by atoms with Crippen molar-refractivity contribution < 1.29 is 57.4 Å². The van der Waals surface area contributed by atoms with E-state index >= 15 is 0 Å². The van der Waals surface area contributed by atoms with E-state index in [1.165, 1.54) is 14.0 Å². The zero-order valence-corrected chi connectivity index (χ0v) is 22.8. The summed E-state index contributed by atoms with van der Waals surface area (Å²) >= 11 is 0. The lowest BCUT2D eigenvalue weighted by Crippen LogP contribution is -2.33. The Kier molecular flexibility index (Phi) is 17.8. The van der Waals surface area contributed by atoms with Crippen LogP contribution in [0.3, 0.4) is 0 Å². The van der Waals surface area contributed by atoms with Gasteiger partial charge in [-0.3, -0.25) is 9.59 Å². The fourth-order valence-electron chi connectivity index (χ4n) is 2.78. The fourth-order valence-corrected chi connectivity index (χ4v) is 2.78. The molecular weight excluding hydrogens is 528 g/mol. The molecule has 12 heteroatoms. The molecule has 220 valence electrons. The van der Waals surface area contributed by atoms with E-state index in [0.29, 0.717) is 13.2 Å². The molecule has 1 aliphatic rings. The summed E-state index contributed by atoms with van der Waals surface area (Å²) in [4.78, 5) is 41.5. The molecule has 2 aromatic carbocycles. The first-order valence-corrected chi connectivity index (χ1v) is 12.3. The topological polar surface area (TPSA) is 153 Å². The smallest absolute Gasteiger partial charge is 0.481 e. The van der Waals surface area contributed by atoms with Crippen molar-refractivity contribution in [3.8, 4) is 0 Å². The number of carbonyl (C=O) groups excluding carboxylic acids is 3. The summed E-state index contributed by atoms with van der Waals surface area (Å²) in [6, 6.07) is 19.5. The number of benzene rings is 2. The van der Waals surface area contributed by atoms with Crippen LogP contribution in [0.1, 0.15) is 25.0 Å². The zero-order chi connectivity index (χ0) is 29.6. The van der Waals surface area contributed by atoms with Gasteiger partial charge in [0.05, 0.1) is 19.8 Å². The van der Waals surface area contributed by atoms with Crippen molar-refractivity contribution in [1.29, 1.82) is 0 Å². The zero-order valence-electron chi connectivity index (χ0n) is 22.8. The molecule has 1 unspecified atom stereocenters. The van der Waals surface area contributed by atoms with Crippen LogP contribution in [-0.4, -0.2) is 81.5 Å². The highest BCUT2D eigenvalue weighted by Crippen LogP contribution is 2.08. The van der Waals surface area contributed by atoms with Crippen LogP contribution in [0.15, 0.2) is 60.7 Å². The highest BCUT2D eigenvalue weighted by atomic mass is 16.7. The Hall–Kier alpha value is -4.00. The molecule has 1 atom stereocenters. The van der Waals surface area contributed by atoms with Gasteiger partial charge in [0.2, 0.25) is 0 Å². The molecule has 12 nitrogen and oxygen atoms in total. The normalized spacial score (nSPS) is 13.1. The second-order valence-electron chi connectivity index (χ2n) is 8.24. The number of carboxylic acid groups (broad SMARTS) is 1. The molecule has 0 bridgehead atoms. The van der Waals surface area contributed by atoms with E-state index in [0.717, 1.165) is 18.1 Å². The van der Waals surface area contributed by atoms with E-state index in [9.17, 15) is 14.4 Å². The lowest BCUT2D eigenvalue weighted by molar-refractivity contribution is -0.134. The Morgan fingerprint density at radius 3 is 1.90 bits per heavy atom. The summed E-state index contributed by atoms with van der Waals surface area (Å²) in [5.41, 5.74) is 2.10. The Morgan fingerprint density at radius 1 is 0.875 bits per heavy atom. The van der Waals surface area contributed by atoms with Gasteiger partial charge in [-0.2, -0.15) is 0 Å². The molecule has 0 aliphatic carbocycles. The summed E-state index contributed by atoms with van der Waals surface area (Å²) in [6.07, 6.45) is -2.08. The number of ketones is 1. The molecule has 1 fully saturated rings. The lowest BCUT2D eigenvalue weighted by Gasteiger charge is -2.21. The molecule has 1 heterocycles. The predicted octanol–water partition coefficient (Wildman–Crippen LogP) is 3.79. The van der Waals surface area contributed by atoms with Crippen molar-refractivity contribution in [3.05, 3.63) is 71.8 Å². The summed E-state index contributed by atoms with van der Waals surface area (Å²) in [5, 5.41) is 7.42. The number of carboxylic acids is 1. The number of Topliss-reactive ketones (excluding diaryl/α,β-unsaturated/α-hetero) is 1. The third-order valence-corrected chi connectivity index (χ3v) is 4.56. The van der Waals surface area contributed by atoms with Gasteiger partial charge in [-0.05, 0) is 18.1 Å². The predicted molar refractivity (Wildman–Crippen MR) is 141 cm³/mol. The van der Waals surface area contributed by atoms with Gasteiger partial charge in [-0.1, -0.05) is 60.7 Å². The number of ether oxygens (including phenoxy) is 7. The number of carbonyl (C=O) groups is 4. The Labute approximate surface area is 233 Å². The molecule has 1 N–H and O–H groups in total. The molecule has 0 aromatic heterocycles. The van der Waals surface area contributed by atoms with E-state index in [1.54, 1.807) is 0 Å². The SMILES string of the molecule is CC(=O)O.COCC(COC(=O)OCC(C)=O)OCc1ccccc1.O=C1OCC(OCc2ccccc2)CO1. The summed E-state index contributed by atoms with van der Waals surface area (Å²) in [6.45, 7) is 3.83. The van der Waals surface area contributed by atoms with E-state index < -0.39 is 24.4 Å². The number of hydrogen-bond donors (Lipinski definition) is 1. The molecular formula is C28H36O12. The number of rotatable bonds is 12. The van der Waals surface area contributed by atoms with Crippen LogP contribution < -0.4 is 0 Å². The second kappa shape index (κ2) is 20.9. The average molecular weight is 565 g/mol. The Morgan fingerprint density at radius 2 is 1.40 bits per heavy atom. The molecule has 0 saturated carbocycles. The van der Waals surface area contributed by atoms with E-state index in [1.807, 2.05) is 60.7 Å². The molecule has 0 radical (unpaired) electrons. The minimum atomic E-state index is -0.894. The second-order valence-corrected chi connectivity index (χ2v) is 8.24. The number of cyclic esters (lactones) is 2. The average Bonchev–Trinajstić information content (AvgIpc) is 2.94. The summed E-state index contributed by atoms with van der Waals surface area (Å²) in [7, 11) is 1.53. The van der Waals surface area contributed by atoms with Gasteiger partial charge in [0.15, 0.2) is 12.4 Å². The van der Waals surface area contributed by atoms with Gasteiger partial charge < -0.3 is 38.3 Å². The highest BCUT2D eigenvalue weighted by molar-refractivity contribution is 5.78. The summed E-state index contributed by atoms with van der Waals surface area (Å²) in [5.74, 6) is -1.08. The molecule has 0 amide bonds. The monoisotopic (exact) mass is 564 g/mol. The molecule has 1 saturated heterocycles. The maximum absolute atomic E-state index is 11.2. The minimum Gasteiger partial charge on any atom is -0.481 e. The van der Waals surface area contributed by atoms with E-state index in [4.69, 9.17) is 38.3 Å². The maximum atomic E-state index is 11.2. The van der Waals surface area contributed by atoms with Crippen LogP contribution in [0.5, 0.6) is 0 Å². The molecule has 1 aliphatic heterocycles. The maximum Gasteiger partial charge on any atom is 0.508 e. The third kappa shape index (κ3) is 18.3. The van der Waals surface area contributed by atoms with Crippen LogP contribution in [0.25, 0.3) is 0 Å². The van der Waals surface area contributed by atoms with Crippen molar-refractivity contribution in [3.63, 3.8) is 0 Å². The van der Waals surface area contributed by atoms with Gasteiger partial charge in [-0.25, -0.2) is 9.59 Å². The van der Waals surface area contributed by atoms with Gasteiger partial charge in [0, 0.05) is 14.0 Å². The van der Waals surface area contributed by atoms with Gasteiger partial charge in [0.25, 0.3) is 5.97 Å². The van der Waals surface area contributed by atoms with Crippen LogP contribution >= 0.6 is 0 Å². The number of aliphatic carboxylic acids is 1. The standard InChI is InChI=1S/C15H20O6.C11H12O4.C2H4O2/c1-12(16)8-20-15(17)21-11-14(10-18-2)19-9-13-6-4-3-5-7-13;12-11-14-7-10(8-15-11)13-6-9-4-2-1-3-5-9;1-2(3)4/h3-7,14H,8-11H2,1-2H3;1-5,10H,6-8H2;1H3,(H,3,4). The Bertz CT molecular complexity index is 983. The number of hydrogen-bond acceptors (Lipinski definition) is 11. The van der Waals surface area contributed by atoms with Gasteiger partial charge in [-0.15, -0.1) is 0 Å². The van der Waals surface area contributed by atoms with Crippen LogP contribution in [0.4, 0.5) is 9.59 Å². The van der Waals surface area contributed by atoms with Crippen LogP contribution in [0.2, 0.25) is 0 Å². The molecule has 2 aromatic rings. The first kappa shape index (κ1) is 34.0. The summed E-state index contributed by atoms with van der Waals surface area (Å²) < 4.78 is 35.0. The van der Waals surface area contributed by atoms with Crippen molar-refractivity contribution in [1.82, 2.24) is 0 Å². The first-order valence-electron chi connectivity index (χ1n) is 12.3. The largest absolute Gasteiger partial charge is 0.508 e. The molecule has 0 spiro atoms. The van der Waals surface area contributed by atoms with Gasteiger partial charge in [0.1, 0.15) is 32.0 Å². The van der Waals surface area contributed by atoms with Crippen LogP contribution in [-0.2, 0) is 56.0 Å². The molecule has 40 heavy (non-hydrogen) atoms. The van der Waals surface area contributed by atoms with E-state index in [-0.39, 0.29) is 44.9 Å². The lowest BCUT2D eigenvalue weighted by atomic mass is 10.2. The fraction of sp³-hybridized carbons (Fsp3) is 0.429.